The molecule has 3 aromatic carbocycles. The number of benzene rings is 3. The first-order chi connectivity index (χ1) is 19.6. The molecular weight excluding hydrogens is 498 g/mol. The summed E-state index contributed by atoms with van der Waals surface area (Å²) in [6.07, 6.45) is 7.96. The lowest BCUT2D eigenvalue weighted by Crippen LogP contribution is -2.35. The van der Waals surface area contributed by atoms with Crippen molar-refractivity contribution in [3.05, 3.63) is 106 Å². The van der Waals surface area contributed by atoms with Gasteiger partial charge in [-0.25, -0.2) is 4.79 Å². The number of oxazole rings is 1. The van der Waals surface area contributed by atoms with Gasteiger partial charge in [0.15, 0.2) is 11.4 Å². The molecule has 2 saturated heterocycles. The SMILES string of the molecule is O=C(CCN1CCC(Cc2ccccc2)CC1)c1ccc2[nH]c(=O)oc2c1.c1ccc(CC2CCNCC2)cc1. The summed E-state index contributed by atoms with van der Waals surface area (Å²) < 4.78 is 5.04. The fraction of sp³-hybridized carbons (Fsp3) is 0.412. The summed E-state index contributed by atoms with van der Waals surface area (Å²) in [6.45, 7) is 5.30. The smallest absolute Gasteiger partial charge is 0.408 e. The second kappa shape index (κ2) is 14.2. The van der Waals surface area contributed by atoms with Gasteiger partial charge < -0.3 is 14.6 Å². The van der Waals surface area contributed by atoms with Crippen LogP contribution in [0.4, 0.5) is 0 Å². The zero-order chi connectivity index (χ0) is 27.6. The Morgan fingerprint density at radius 2 is 1.40 bits per heavy atom. The largest absolute Gasteiger partial charge is 0.417 e. The normalized spacial score (nSPS) is 16.9. The molecule has 6 nitrogen and oxygen atoms in total. The highest BCUT2D eigenvalue weighted by Gasteiger charge is 2.20. The molecule has 0 bridgehead atoms. The van der Waals surface area contributed by atoms with Gasteiger partial charge in [0.1, 0.15) is 0 Å². The van der Waals surface area contributed by atoms with Crippen LogP contribution in [0, 0.1) is 11.8 Å². The number of carbonyl (C=O) groups excluding carboxylic acids is 1. The number of rotatable bonds is 8. The maximum absolute atomic E-state index is 12.5. The second-order valence-electron chi connectivity index (χ2n) is 11.3. The molecule has 0 unspecified atom stereocenters. The number of hydrogen-bond donors (Lipinski definition) is 2. The summed E-state index contributed by atoms with van der Waals surface area (Å²) in [7, 11) is 0. The first-order valence-electron chi connectivity index (χ1n) is 14.8. The summed E-state index contributed by atoms with van der Waals surface area (Å²) in [5.41, 5.74) is 4.57. The molecule has 2 aliphatic heterocycles. The van der Waals surface area contributed by atoms with Gasteiger partial charge in [-0.1, -0.05) is 60.7 Å². The number of piperidine rings is 2. The minimum absolute atomic E-state index is 0.0900. The predicted molar refractivity (Wildman–Crippen MR) is 161 cm³/mol. The second-order valence-corrected chi connectivity index (χ2v) is 11.3. The van der Waals surface area contributed by atoms with E-state index in [1.54, 1.807) is 18.2 Å². The van der Waals surface area contributed by atoms with Gasteiger partial charge in [-0.15, -0.1) is 0 Å². The van der Waals surface area contributed by atoms with Crippen LogP contribution in [0.1, 0.15) is 53.6 Å². The van der Waals surface area contributed by atoms with Gasteiger partial charge >= 0.3 is 5.76 Å². The fourth-order valence-electron chi connectivity index (χ4n) is 5.92. The average molecular weight is 540 g/mol. The third kappa shape index (κ3) is 8.26. The van der Waals surface area contributed by atoms with Crippen molar-refractivity contribution in [2.45, 2.75) is 44.9 Å². The molecule has 0 saturated carbocycles. The molecule has 2 fully saturated rings. The predicted octanol–water partition coefficient (Wildman–Crippen LogP) is 5.88. The van der Waals surface area contributed by atoms with Crippen molar-refractivity contribution in [3.8, 4) is 0 Å². The number of nitrogens with one attached hydrogen (secondary N) is 2. The highest BCUT2D eigenvalue weighted by Crippen LogP contribution is 2.22. The van der Waals surface area contributed by atoms with Crippen LogP contribution in [0.2, 0.25) is 0 Å². The van der Waals surface area contributed by atoms with E-state index in [0.29, 0.717) is 23.1 Å². The molecule has 2 N–H and O–H groups in total. The number of ketones is 1. The fourth-order valence-corrected chi connectivity index (χ4v) is 5.92. The number of carbonyl (C=O) groups is 1. The van der Waals surface area contributed by atoms with Crippen LogP contribution in [0.5, 0.6) is 0 Å². The molecule has 0 radical (unpaired) electrons. The van der Waals surface area contributed by atoms with Crippen molar-refractivity contribution < 1.29 is 9.21 Å². The van der Waals surface area contributed by atoms with Gasteiger partial charge in [-0.3, -0.25) is 9.78 Å². The van der Waals surface area contributed by atoms with E-state index in [2.05, 4.69) is 75.9 Å². The van der Waals surface area contributed by atoms with E-state index < -0.39 is 5.76 Å². The van der Waals surface area contributed by atoms with E-state index in [1.807, 2.05) is 0 Å². The minimum atomic E-state index is -0.493. The van der Waals surface area contributed by atoms with E-state index in [9.17, 15) is 9.59 Å². The molecule has 2 aliphatic rings. The van der Waals surface area contributed by atoms with Gasteiger partial charge in [0.25, 0.3) is 0 Å². The van der Waals surface area contributed by atoms with Crippen molar-refractivity contribution in [1.82, 2.24) is 15.2 Å². The molecule has 6 rings (SSSR count). The van der Waals surface area contributed by atoms with Crippen LogP contribution in [0.25, 0.3) is 11.1 Å². The van der Waals surface area contributed by atoms with Gasteiger partial charge in [0.05, 0.1) is 5.52 Å². The highest BCUT2D eigenvalue weighted by atomic mass is 16.4. The van der Waals surface area contributed by atoms with Crippen molar-refractivity contribution >= 4 is 16.9 Å². The molecule has 0 aliphatic carbocycles. The number of hydrogen-bond acceptors (Lipinski definition) is 5. The Labute approximate surface area is 236 Å². The lowest BCUT2D eigenvalue weighted by atomic mass is 9.90. The third-order valence-corrected chi connectivity index (χ3v) is 8.30. The summed E-state index contributed by atoms with van der Waals surface area (Å²) in [4.78, 5) is 28.7. The number of fused-ring (bicyclic) bond motifs is 1. The Morgan fingerprint density at radius 1 is 0.800 bits per heavy atom. The molecule has 210 valence electrons. The number of likely N-dealkylation sites (tertiary alicyclic amines) is 1. The zero-order valence-electron chi connectivity index (χ0n) is 23.3. The first-order valence-corrected chi connectivity index (χ1v) is 14.8. The Morgan fingerprint density at radius 3 is 2.02 bits per heavy atom. The monoisotopic (exact) mass is 539 g/mol. The Hall–Kier alpha value is -3.48. The van der Waals surface area contributed by atoms with Crippen molar-refractivity contribution in [2.75, 3.05) is 32.7 Å². The maximum Gasteiger partial charge on any atom is 0.417 e. The molecule has 0 atom stereocenters. The lowest BCUT2D eigenvalue weighted by molar-refractivity contribution is 0.0951. The van der Waals surface area contributed by atoms with E-state index in [-0.39, 0.29) is 5.78 Å². The van der Waals surface area contributed by atoms with E-state index in [4.69, 9.17) is 4.42 Å². The van der Waals surface area contributed by atoms with Crippen LogP contribution < -0.4 is 11.1 Å². The van der Waals surface area contributed by atoms with Crippen LogP contribution in [0.3, 0.4) is 0 Å². The van der Waals surface area contributed by atoms with Crippen LogP contribution in [-0.2, 0) is 12.8 Å². The summed E-state index contributed by atoms with van der Waals surface area (Å²) in [5.74, 6) is 1.24. The number of H-pyrrole nitrogens is 1. The molecular formula is C34H41N3O3. The van der Waals surface area contributed by atoms with E-state index >= 15 is 0 Å². The lowest BCUT2D eigenvalue weighted by Gasteiger charge is -2.31. The average Bonchev–Trinajstić information content (AvgIpc) is 3.38. The Balaban J connectivity index is 0.000000207. The number of aromatic amines is 1. The van der Waals surface area contributed by atoms with Crippen LogP contribution >= 0.6 is 0 Å². The third-order valence-electron chi connectivity index (χ3n) is 8.30. The first kappa shape index (κ1) is 28.1. The molecule has 40 heavy (non-hydrogen) atoms. The van der Waals surface area contributed by atoms with Crippen molar-refractivity contribution in [2.24, 2.45) is 11.8 Å². The minimum Gasteiger partial charge on any atom is -0.408 e. The van der Waals surface area contributed by atoms with Crippen LogP contribution in [-0.4, -0.2) is 48.4 Å². The standard InChI is InChI=1S/C22H24N2O3.C12H17N/c25-20(18-6-7-19-21(15-18)27-22(26)23-19)10-13-24-11-8-17(9-12-24)14-16-4-2-1-3-5-16;1-2-4-11(5-3-1)10-12-6-8-13-9-7-12/h1-7,15,17H,8-14H2,(H,23,26);1-5,12-13H,6-10H2. The summed E-state index contributed by atoms with van der Waals surface area (Å²) in [5, 5.41) is 3.40. The van der Waals surface area contributed by atoms with Gasteiger partial charge in [-0.2, -0.15) is 0 Å². The Bertz CT molecular complexity index is 1380. The summed E-state index contributed by atoms with van der Waals surface area (Å²) in [6, 6.07) is 26.6. The molecule has 4 aromatic rings. The molecule has 0 spiro atoms. The molecule has 3 heterocycles. The van der Waals surface area contributed by atoms with Gasteiger partial charge in [0, 0.05) is 18.5 Å². The van der Waals surface area contributed by atoms with E-state index in [1.165, 1.54) is 56.3 Å². The zero-order valence-corrected chi connectivity index (χ0v) is 23.3. The number of aromatic nitrogens is 1. The van der Waals surface area contributed by atoms with Crippen molar-refractivity contribution in [1.29, 1.82) is 0 Å². The van der Waals surface area contributed by atoms with Crippen molar-refractivity contribution in [3.63, 3.8) is 0 Å². The molecule has 0 amide bonds. The Kier molecular flexibility index (Phi) is 9.99. The summed E-state index contributed by atoms with van der Waals surface area (Å²) >= 11 is 0. The molecule has 6 heteroatoms. The van der Waals surface area contributed by atoms with Crippen LogP contribution in [0.15, 0.2) is 88.1 Å². The highest BCUT2D eigenvalue weighted by molar-refractivity contribution is 5.98. The van der Waals surface area contributed by atoms with Gasteiger partial charge in [0.2, 0.25) is 0 Å². The quantitative estimate of drug-likeness (QED) is 0.274. The molecule has 1 aromatic heterocycles. The topological polar surface area (TPSA) is 78.3 Å². The van der Waals surface area contributed by atoms with E-state index in [0.717, 1.165) is 37.9 Å². The maximum atomic E-state index is 12.5. The van der Waals surface area contributed by atoms with Gasteiger partial charge in [-0.05, 0) is 106 Å². The number of nitrogens with zero attached hydrogens (tertiary/aromatic N) is 1. The number of Topliss-reactive ketones (excluding diaryl/α,β-unsaturated/α-hetero) is 1.